The molecule has 0 aliphatic heterocycles. The summed E-state index contributed by atoms with van der Waals surface area (Å²) in [5.74, 6) is -2.22. The Balaban J connectivity index is 3.34. The van der Waals surface area contributed by atoms with E-state index in [0.717, 1.165) is 0 Å². The van der Waals surface area contributed by atoms with Crippen LogP contribution in [0, 0.1) is 5.82 Å². The minimum absolute atomic E-state index is 0.0112. The van der Waals surface area contributed by atoms with Crippen LogP contribution in [0.1, 0.15) is 5.56 Å². The second-order valence-electron chi connectivity index (χ2n) is 2.97. The maximum atomic E-state index is 13.7. The highest BCUT2D eigenvalue weighted by molar-refractivity contribution is 6.32. The first-order valence-electron chi connectivity index (χ1n) is 4.31. The molecule has 0 bridgehead atoms. The van der Waals surface area contributed by atoms with E-state index < -0.39 is 11.8 Å². The van der Waals surface area contributed by atoms with Gasteiger partial charge in [0, 0.05) is 5.56 Å². The van der Waals surface area contributed by atoms with Crippen molar-refractivity contribution in [3.05, 3.63) is 22.5 Å². The van der Waals surface area contributed by atoms with Crippen LogP contribution in [-0.2, 0) is 11.2 Å². The molecule has 16 heavy (non-hydrogen) atoms. The van der Waals surface area contributed by atoms with Gasteiger partial charge >= 0.3 is 5.97 Å². The summed E-state index contributed by atoms with van der Waals surface area (Å²) in [4.78, 5) is 10.6. The molecule has 4 nitrogen and oxygen atoms in total. The molecule has 1 N–H and O–H groups in total. The van der Waals surface area contributed by atoms with Gasteiger partial charge in [0.2, 0.25) is 5.82 Å². The van der Waals surface area contributed by atoms with Gasteiger partial charge in [-0.1, -0.05) is 11.6 Å². The van der Waals surface area contributed by atoms with E-state index in [2.05, 4.69) is 0 Å². The quantitative estimate of drug-likeness (QED) is 0.887. The fourth-order valence-corrected chi connectivity index (χ4v) is 1.63. The van der Waals surface area contributed by atoms with E-state index in [1.807, 2.05) is 0 Å². The normalized spacial score (nSPS) is 10.0. The lowest BCUT2D eigenvalue weighted by molar-refractivity contribution is -0.136. The molecule has 1 rings (SSSR count). The van der Waals surface area contributed by atoms with E-state index in [1.165, 1.54) is 20.3 Å². The minimum atomic E-state index is -1.10. The van der Waals surface area contributed by atoms with Crippen LogP contribution in [0.2, 0.25) is 5.02 Å². The number of halogens is 2. The monoisotopic (exact) mass is 248 g/mol. The highest BCUT2D eigenvalue weighted by atomic mass is 35.5. The van der Waals surface area contributed by atoms with Gasteiger partial charge in [0.05, 0.1) is 25.7 Å². The largest absolute Gasteiger partial charge is 0.493 e. The Morgan fingerprint density at radius 2 is 2.00 bits per heavy atom. The van der Waals surface area contributed by atoms with Crippen molar-refractivity contribution in [1.29, 1.82) is 0 Å². The first-order valence-corrected chi connectivity index (χ1v) is 4.69. The zero-order valence-corrected chi connectivity index (χ0v) is 9.47. The van der Waals surface area contributed by atoms with Crippen LogP contribution in [0.3, 0.4) is 0 Å². The van der Waals surface area contributed by atoms with Crippen LogP contribution in [0.4, 0.5) is 4.39 Å². The second-order valence-corrected chi connectivity index (χ2v) is 3.38. The van der Waals surface area contributed by atoms with Gasteiger partial charge in [-0.3, -0.25) is 4.79 Å². The third-order valence-corrected chi connectivity index (χ3v) is 2.24. The molecule has 0 unspecified atom stereocenters. The first kappa shape index (κ1) is 12.6. The zero-order valence-electron chi connectivity index (χ0n) is 8.71. The van der Waals surface area contributed by atoms with E-state index >= 15 is 0 Å². The lowest BCUT2D eigenvalue weighted by Gasteiger charge is -2.12. The lowest BCUT2D eigenvalue weighted by atomic mass is 10.1. The van der Waals surface area contributed by atoms with Gasteiger partial charge in [-0.2, -0.15) is 4.39 Å². The predicted octanol–water partition coefficient (Wildman–Crippen LogP) is 2.12. The zero-order chi connectivity index (χ0) is 12.3. The number of carboxylic acids is 1. The molecule has 0 heterocycles. The van der Waals surface area contributed by atoms with Crippen LogP contribution >= 0.6 is 11.6 Å². The average molecular weight is 249 g/mol. The Morgan fingerprint density at radius 3 is 2.44 bits per heavy atom. The van der Waals surface area contributed by atoms with Crippen LogP contribution in [0.5, 0.6) is 11.5 Å². The van der Waals surface area contributed by atoms with Crippen molar-refractivity contribution in [3.63, 3.8) is 0 Å². The summed E-state index contributed by atoms with van der Waals surface area (Å²) in [6.45, 7) is 0. The smallest absolute Gasteiger partial charge is 0.307 e. The number of carboxylic acid groups (broad SMARTS) is 1. The van der Waals surface area contributed by atoms with Crippen LogP contribution < -0.4 is 9.47 Å². The van der Waals surface area contributed by atoms with Crippen molar-refractivity contribution in [3.8, 4) is 11.5 Å². The van der Waals surface area contributed by atoms with E-state index in [1.54, 1.807) is 0 Å². The summed E-state index contributed by atoms with van der Waals surface area (Å²) >= 11 is 5.73. The number of benzene rings is 1. The fraction of sp³-hybridized carbons (Fsp3) is 0.300. The predicted molar refractivity (Wildman–Crippen MR) is 55.9 cm³/mol. The number of aliphatic carboxylic acids is 1. The molecule has 0 spiro atoms. The Hall–Kier alpha value is -1.49. The Kier molecular flexibility index (Phi) is 3.95. The Morgan fingerprint density at radius 1 is 1.44 bits per heavy atom. The molecule has 0 fully saturated rings. The standard InChI is InChI=1S/C10H10ClFO4/c1-15-9-5(4-7(13)14)3-6(11)10(16-2)8(9)12/h3H,4H2,1-2H3,(H,13,14). The van der Waals surface area contributed by atoms with Crippen molar-refractivity contribution in [2.24, 2.45) is 0 Å². The summed E-state index contributed by atoms with van der Waals surface area (Å²) in [7, 11) is 2.51. The second kappa shape index (κ2) is 5.03. The van der Waals surface area contributed by atoms with E-state index in [9.17, 15) is 9.18 Å². The highest BCUT2D eigenvalue weighted by Gasteiger charge is 2.20. The van der Waals surface area contributed by atoms with Gasteiger partial charge in [-0.15, -0.1) is 0 Å². The van der Waals surface area contributed by atoms with Crippen LogP contribution in [0.25, 0.3) is 0 Å². The number of hydrogen-bond acceptors (Lipinski definition) is 3. The summed E-state index contributed by atoms with van der Waals surface area (Å²) in [5.41, 5.74) is 0.165. The van der Waals surface area contributed by atoms with Crippen molar-refractivity contribution < 1.29 is 23.8 Å². The maximum absolute atomic E-state index is 13.7. The van der Waals surface area contributed by atoms with Crippen LogP contribution in [0.15, 0.2) is 6.07 Å². The molecule has 0 amide bonds. The lowest BCUT2D eigenvalue weighted by Crippen LogP contribution is -2.05. The van der Waals surface area contributed by atoms with Crippen molar-refractivity contribution in [1.82, 2.24) is 0 Å². The van der Waals surface area contributed by atoms with Gasteiger partial charge < -0.3 is 14.6 Å². The molecule has 0 aromatic heterocycles. The molecule has 0 aliphatic carbocycles. The number of ether oxygens (including phenoxy) is 2. The molecule has 0 radical (unpaired) electrons. The van der Waals surface area contributed by atoms with Gasteiger partial charge in [0.15, 0.2) is 11.5 Å². The van der Waals surface area contributed by atoms with Gasteiger partial charge in [0.25, 0.3) is 0 Å². The molecule has 88 valence electrons. The maximum Gasteiger partial charge on any atom is 0.307 e. The molecule has 1 aromatic rings. The number of rotatable bonds is 4. The SMILES string of the molecule is COc1c(Cl)cc(CC(=O)O)c(OC)c1F. The number of carbonyl (C=O) groups is 1. The van der Waals surface area contributed by atoms with E-state index in [4.69, 9.17) is 26.2 Å². The van der Waals surface area contributed by atoms with Crippen molar-refractivity contribution in [2.75, 3.05) is 14.2 Å². The molecular formula is C10H10ClFO4. The topological polar surface area (TPSA) is 55.8 Å². The highest BCUT2D eigenvalue weighted by Crippen LogP contribution is 2.37. The van der Waals surface area contributed by atoms with E-state index in [-0.39, 0.29) is 28.5 Å². The molecular weight excluding hydrogens is 239 g/mol. The minimum Gasteiger partial charge on any atom is -0.493 e. The number of methoxy groups -OCH3 is 2. The molecule has 0 saturated heterocycles. The molecule has 0 saturated carbocycles. The molecule has 1 aromatic carbocycles. The van der Waals surface area contributed by atoms with Gasteiger partial charge in [-0.05, 0) is 6.07 Å². The van der Waals surface area contributed by atoms with Gasteiger partial charge in [-0.25, -0.2) is 0 Å². The molecule has 0 aliphatic rings. The van der Waals surface area contributed by atoms with Crippen molar-refractivity contribution in [2.45, 2.75) is 6.42 Å². The Bertz CT molecular complexity index is 420. The summed E-state index contributed by atoms with van der Waals surface area (Å²) in [6, 6.07) is 1.32. The summed E-state index contributed by atoms with van der Waals surface area (Å²) in [6.07, 6.45) is -0.371. The van der Waals surface area contributed by atoms with Gasteiger partial charge in [0.1, 0.15) is 0 Å². The Labute approximate surface area is 96.5 Å². The average Bonchev–Trinajstić information content (AvgIpc) is 2.17. The number of hydrogen-bond donors (Lipinski definition) is 1. The molecule has 6 heteroatoms. The third kappa shape index (κ3) is 2.36. The fourth-order valence-electron chi connectivity index (χ4n) is 1.34. The van der Waals surface area contributed by atoms with E-state index in [0.29, 0.717) is 0 Å². The molecule has 0 atom stereocenters. The van der Waals surface area contributed by atoms with Crippen molar-refractivity contribution >= 4 is 17.6 Å². The summed E-state index contributed by atoms with van der Waals surface area (Å²) < 4.78 is 23.3. The summed E-state index contributed by atoms with van der Waals surface area (Å²) in [5, 5.41) is 8.65. The third-order valence-electron chi connectivity index (χ3n) is 1.96. The first-order chi connectivity index (χ1) is 7.51. The van der Waals surface area contributed by atoms with Crippen LogP contribution in [-0.4, -0.2) is 25.3 Å².